The van der Waals surface area contributed by atoms with Gasteiger partial charge in [-0.15, -0.1) is 0 Å². The Hall–Kier alpha value is -8.85. The number of carboxylic acid groups (broad SMARTS) is 3. The van der Waals surface area contributed by atoms with Gasteiger partial charge in [-0.25, -0.2) is 4.79 Å². The lowest BCUT2D eigenvalue weighted by Gasteiger charge is -2.35. The van der Waals surface area contributed by atoms with Crippen LogP contribution in [-0.2, 0) is 49.7 Å². The fourth-order valence-corrected chi connectivity index (χ4v) is 9.80. The third-order valence-corrected chi connectivity index (χ3v) is 15.0. The number of carbonyl (C=O) groups is 10. The van der Waals surface area contributed by atoms with Crippen LogP contribution in [0.15, 0.2) is 83.9 Å². The molecule has 512 valence electrons. The molecule has 17 N–H and O–H groups in total. The van der Waals surface area contributed by atoms with E-state index in [0.29, 0.717) is 69.7 Å². The van der Waals surface area contributed by atoms with Crippen molar-refractivity contribution in [3.8, 4) is 5.75 Å². The Labute approximate surface area is 542 Å². The molecule has 1 aliphatic rings. The molecule has 4 atom stereocenters. The molecule has 31 nitrogen and oxygen atoms in total. The molecule has 1 heterocycles. The number of phenolic OH excluding ortho intramolecular Hbond substituents is 1. The zero-order chi connectivity index (χ0) is 67.9. The molecule has 1 saturated heterocycles. The zero-order valence-corrected chi connectivity index (χ0v) is 53.2. The number of hydrogen-bond donors (Lipinski definition) is 15. The first-order valence-corrected chi connectivity index (χ1v) is 31.2. The SMILES string of the molecule is CCC(=O)NCCNC(=O)NC(N)=NCCC[C@@H](NC(=O)C(c1ccccc1)c1ccc(NCCCNC(=O)[C@H](N)CCC(=O)NCCN(C)CCNC(C=O)N2CCN(CC(=O)O)CCN(CC(=O)O)CCN(CC(=O)O)CC2)cc1)C(=O)NCc1ccc(O)cc1. The number of aromatic hydroxyl groups is 1. The van der Waals surface area contributed by atoms with Gasteiger partial charge < -0.3 is 78.8 Å². The Bertz CT molecular complexity index is 2830. The number of amides is 7. The van der Waals surface area contributed by atoms with E-state index in [2.05, 4.69) is 52.8 Å². The van der Waals surface area contributed by atoms with E-state index >= 15 is 0 Å². The van der Waals surface area contributed by atoms with Crippen LogP contribution < -0.4 is 59.3 Å². The second-order valence-corrected chi connectivity index (χ2v) is 22.4. The number of benzene rings is 3. The number of aliphatic carboxylic acids is 3. The van der Waals surface area contributed by atoms with E-state index in [9.17, 15) is 68.4 Å². The maximum atomic E-state index is 14.4. The molecule has 1 aliphatic heterocycles. The number of phenols is 1. The minimum Gasteiger partial charge on any atom is -0.508 e. The molecule has 31 heteroatoms. The van der Waals surface area contributed by atoms with Crippen LogP contribution in [0.25, 0.3) is 0 Å². The third kappa shape index (κ3) is 31.8. The molecule has 7 amide bonds. The number of anilines is 1. The number of rotatable bonds is 39. The predicted molar refractivity (Wildman–Crippen MR) is 348 cm³/mol. The lowest BCUT2D eigenvalue weighted by atomic mass is 9.90. The molecule has 2 unspecified atom stereocenters. The normalized spacial score (nSPS) is 15.2. The first kappa shape index (κ1) is 76.6. The Morgan fingerprint density at radius 2 is 1.19 bits per heavy atom. The molecule has 1 fully saturated rings. The van der Waals surface area contributed by atoms with Crippen LogP contribution in [0.4, 0.5) is 10.5 Å². The number of carboxylic acids is 3. The predicted octanol–water partition coefficient (Wildman–Crippen LogP) is -2.09. The first-order chi connectivity index (χ1) is 44.6. The number of aliphatic imine (C=N–C) groups is 1. The van der Waals surface area contributed by atoms with Gasteiger partial charge in [-0.05, 0) is 73.7 Å². The number of likely N-dealkylation sites (N-methyl/N-ethyl adjacent to an activating group) is 1. The molecule has 3 aromatic rings. The third-order valence-electron chi connectivity index (χ3n) is 15.0. The van der Waals surface area contributed by atoms with Crippen LogP contribution in [0.5, 0.6) is 5.75 Å². The second-order valence-electron chi connectivity index (χ2n) is 22.4. The number of nitrogens with zero attached hydrogens (tertiary/aromatic N) is 6. The molecular weight excluding hydrogens is 1210 g/mol. The highest BCUT2D eigenvalue weighted by atomic mass is 16.4. The average Bonchev–Trinajstić information content (AvgIpc) is 0.961. The molecule has 0 radical (unpaired) electrons. The van der Waals surface area contributed by atoms with Gasteiger partial charge in [0.15, 0.2) is 12.2 Å². The molecular formula is C62H95N17O14. The lowest BCUT2D eigenvalue weighted by Crippen LogP contribution is -2.54. The number of urea groups is 1. The summed E-state index contributed by atoms with van der Waals surface area (Å²) in [6, 6.07) is 20.2. The highest BCUT2D eigenvalue weighted by molar-refractivity contribution is 5.95. The molecule has 3 aromatic carbocycles. The van der Waals surface area contributed by atoms with Crippen molar-refractivity contribution in [1.29, 1.82) is 0 Å². The highest BCUT2D eigenvalue weighted by Gasteiger charge is 2.29. The van der Waals surface area contributed by atoms with Crippen molar-refractivity contribution in [1.82, 2.24) is 67.0 Å². The van der Waals surface area contributed by atoms with Crippen LogP contribution in [0.3, 0.4) is 0 Å². The Morgan fingerprint density at radius 3 is 1.78 bits per heavy atom. The van der Waals surface area contributed by atoms with Crippen molar-refractivity contribution in [2.24, 2.45) is 16.5 Å². The summed E-state index contributed by atoms with van der Waals surface area (Å²) in [6.45, 7) is 5.95. The number of nitrogens with two attached hydrogens (primary N) is 2. The van der Waals surface area contributed by atoms with Gasteiger partial charge in [-0.1, -0.05) is 61.5 Å². The van der Waals surface area contributed by atoms with Crippen LogP contribution in [-0.4, -0.2) is 267 Å². The number of carbonyl (C=O) groups excluding carboxylic acids is 7. The maximum Gasteiger partial charge on any atom is 0.321 e. The minimum absolute atomic E-state index is 0.0199. The van der Waals surface area contributed by atoms with E-state index < -0.39 is 65.8 Å². The van der Waals surface area contributed by atoms with Gasteiger partial charge >= 0.3 is 23.9 Å². The van der Waals surface area contributed by atoms with Gasteiger partial charge in [0.1, 0.15) is 18.0 Å². The summed E-state index contributed by atoms with van der Waals surface area (Å²) in [7, 11) is 1.85. The highest BCUT2D eigenvalue weighted by Crippen LogP contribution is 2.27. The van der Waals surface area contributed by atoms with Gasteiger partial charge in [0.05, 0.1) is 31.6 Å². The van der Waals surface area contributed by atoms with E-state index in [1.54, 1.807) is 33.8 Å². The molecule has 0 spiro atoms. The maximum absolute atomic E-state index is 14.4. The van der Waals surface area contributed by atoms with E-state index in [0.717, 1.165) is 17.5 Å². The van der Waals surface area contributed by atoms with Gasteiger partial charge in [0.2, 0.25) is 29.5 Å². The van der Waals surface area contributed by atoms with Crippen molar-refractivity contribution in [3.05, 3.63) is 95.6 Å². The molecule has 4 rings (SSSR count). The van der Waals surface area contributed by atoms with Crippen molar-refractivity contribution in [3.63, 3.8) is 0 Å². The molecule has 0 bridgehead atoms. The summed E-state index contributed by atoms with van der Waals surface area (Å²) < 4.78 is 0. The van der Waals surface area contributed by atoms with E-state index in [4.69, 9.17) is 11.5 Å². The fraction of sp³-hybridized carbons (Fsp3) is 0.532. The van der Waals surface area contributed by atoms with Crippen molar-refractivity contribution in [2.45, 2.75) is 76.2 Å². The smallest absolute Gasteiger partial charge is 0.321 e. The van der Waals surface area contributed by atoms with Gasteiger partial charge in [0.25, 0.3) is 0 Å². The van der Waals surface area contributed by atoms with Gasteiger partial charge in [0, 0.05) is 136 Å². The lowest BCUT2D eigenvalue weighted by molar-refractivity contribution is -0.140. The number of guanidine groups is 1. The topological polar surface area (TPSA) is 440 Å². The largest absolute Gasteiger partial charge is 0.508 e. The molecule has 0 aromatic heterocycles. The van der Waals surface area contributed by atoms with Gasteiger partial charge in [-0.3, -0.25) is 73.6 Å². The number of aldehydes is 1. The second kappa shape index (κ2) is 43.1. The first-order valence-electron chi connectivity index (χ1n) is 31.2. The minimum atomic E-state index is -1.05. The summed E-state index contributed by atoms with van der Waals surface area (Å²) in [6.07, 6.45) is 1.40. The van der Waals surface area contributed by atoms with Gasteiger partial charge in [-0.2, -0.15) is 0 Å². The van der Waals surface area contributed by atoms with Crippen molar-refractivity contribution in [2.75, 3.05) is 143 Å². The van der Waals surface area contributed by atoms with Crippen molar-refractivity contribution < 1.29 is 68.4 Å². The van der Waals surface area contributed by atoms with Crippen LogP contribution in [0.1, 0.15) is 68.1 Å². The fourth-order valence-electron chi connectivity index (χ4n) is 9.80. The molecule has 0 saturated carbocycles. The molecule has 0 aliphatic carbocycles. The number of nitrogens with one attached hydrogen (secondary N) is 9. The van der Waals surface area contributed by atoms with Crippen LogP contribution in [0.2, 0.25) is 0 Å². The Kier molecular flexibility index (Phi) is 35.5. The summed E-state index contributed by atoms with van der Waals surface area (Å²) >= 11 is 0. The summed E-state index contributed by atoms with van der Waals surface area (Å²) in [4.78, 5) is 138. The summed E-state index contributed by atoms with van der Waals surface area (Å²) in [5.41, 5.74) is 14.9. The van der Waals surface area contributed by atoms with Crippen LogP contribution in [0, 0.1) is 0 Å². The average molecular weight is 1300 g/mol. The van der Waals surface area contributed by atoms with Crippen LogP contribution >= 0.6 is 0 Å². The summed E-state index contributed by atoms with van der Waals surface area (Å²) in [5.74, 6) is -5.77. The van der Waals surface area contributed by atoms with E-state index in [1.165, 1.54) is 12.1 Å². The van der Waals surface area contributed by atoms with Crippen molar-refractivity contribution >= 4 is 71.4 Å². The quantitative estimate of drug-likeness (QED) is 0.0126. The standard InChI is InChI=1S/C62H95N17O14/c1-3-52(82)67-25-26-71-62(93)74-61(64)70-22-7-11-50(59(91)72-39-44-12-18-48(81)19-13-44)73-60(92)57(45-9-5-4-6-10-45)46-14-16-47(17-15-46)65-23-8-24-69-58(90)49(63)20-21-53(83)68-28-30-75(2)29-27-66-51(43-80)79-37-35-77(41-55(86)87)33-31-76(40-54(84)85)32-34-78(36-38-79)42-56(88)89/h4-6,9-10,12-19,43,49-51,57,65-66,81H,3,7-8,11,20-42,63H2,1-2H3,(H,67,82)(H,68,83)(H,69,90)(H,72,91)(H,73,92)(H,84,85)(H,86,87)(H,88,89)(H4,64,70,71,74,93)/t49-,50-,51?,57?/m1/s1. The zero-order valence-electron chi connectivity index (χ0n) is 53.2. The van der Waals surface area contributed by atoms with E-state index in [1.807, 2.05) is 71.4 Å². The summed E-state index contributed by atoms with van der Waals surface area (Å²) in [5, 5.41) is 64.0. The Morgan fingerprint density at radius 1 is 0.624 bits per heavy atom. The Balaban J connectivity index is 1.20. The monoisotopic (exact) mass is 1300 g/mol. The molecule has 93 heavy (non-hydrogen) atoms. The van der Waals surface area contributed by atoms with E-state index in [-0.39, 0.29) is 141 Å². The number of hydrogen-bond acceptors (Lipinski definition) is 20.